The second-order valence-electron chi connectivity index (χ2n) is 5.60. The van der Waals surface area contributed by atoms with Crippen molar-refractivity contribution in [2.24, 2.45) is 0 Å². The number of carboxylic acids is 1. The number of aryl methyl sites for hydroxylation is 1. The van der Waals surface area contributed by atoms with E-state index >= 15 is 0 Å². The number of nitrogens with zero attached hydrogens (tertiary/aromatic N) is 1. The highest BCUT2D eigenvalue weighted by atomic mass is 32.1. The summed E-state index contributed by atoms with van der Waals surface area (Å²) < 4.78 is 0. The van der Waals surface area contributed by atoms with E-state index in [4.69, 9.17) is 5.11 Å². The van der Waals surface area contributed by atoms with Gasteiger partial charge in [-0.3, -0.25) is 4.79 Å². The van der Waals surface area contributed by atoms with Crippen molar-refractivity contribution in [3.05, 3.63) is 56.3 Å². The Morgan fingerprint density at radius 3 is 2.64 bits per heavy atom. The van der Waals surface area contributed by atoms with Crippen LogP contribution in [0.1, 0.15) is 42.3 Å². The third-order valence-corrected chi connectivity index (χ3v) is 5.28. The van der Waals surface area contributed by atoms with Crippen molar-refractivity contribution < 1.29 is 14.7 Å². The summed E-state index contributed by atoms with van der Waals surface area (Å²) in [7, 11) is 0. The Kier molecular flexibility index (Phi) is 3.74. The van der Waals surface area contributed by atoms with Gasteiger partial charge in [0.2, 0.25) is 0 Å². The topological polar surface area (TPSA) is 57.6 Å². The molecule has 1 N–H and O–H groups in total. The van der Waals surface area contributed by atoms with Gasteiger partial charge >= 0.3 is 5.97 Å². The van der Waals surface area contributed by atoms with Crippen molar-refractivity contribution in [3.63, 3.8) is 0 Å². The maximum absolute atomic E-state index is 12.7. The SMILES string of the molecule is Cc1scc(C(=O)N2CCc3ccc(C(=O)O)cc3C2)c1C. The number of carboxylic acid groups (broad SMARTS) is 1. The van der Waals surface area contributed by atoms with Gasteiger partial charge in [-0.05, 0) is 49.1 Å². The largest absolute Gasteiger partial charge is 0.478 e. The maximum atomic E-state index is 12.7. The van der Waals surface area contributed by atoms with Crippen LogP contribution in [-0.4, -0.2) is 28.4 Å². The molecule has 5 heteroatoms. The van der Waals surface area contributed by atoms with E-state index in [0.717, 1.165) is 33.6 Å². The number of benzene rings is 1. The monoisotopic (exact) mass is 315 g/mol. The molecule has 0 atom stereocenters. The zero-order valence-corrected chi connectivity index (χ0v) is 13.4. The third kappa shape index (κ3) is 2.52. The summed E-state index contributed by atoms with van der Waals surface area (Å²) in [6.45, 7) is 5.14. The van der Waals surface area contributed by atoms with Crippen LogP contribution in [0.5, 0.6) is 0 Å². The van der Waals surface area contributed by atoms with Crippen LogP contribution >= 0.6 is 11.3 Å². The zero-order chi connectivity index (χ0) is 15.9. The lowest BCUT2D eigenvalue weighted by molar-refractivity contribution is 0.0696. The predicted molar refractivity (Wildman–Crippen MR) is 85.6 cm³/mol. The second-order valence-corrected chi connectivity index (χ2v) is 6.68. The van der Waals surface area contributed by atoms with Gasteiger partial charge in [-0.1, -0.05) is 6.07 Å². The molecule has 22 heavy (non-hydrogen) atoms. The van der Waals surface area contributed by atoms with Crippen molar-refractivity contribution in [1.29, 1.82) is 0 Å². The Morgan fingerprint density at radius 1 is 1.23 bits per heavy atom. The van der Waals surface area contributed by atoms with Crippen LogP contribution in [0.15, 0.2) is 23.6 Å². The third-order valence-electron chi connectivity index (χ3n) is 4.27. The van der Waals surface area contributed by atoms with Crippen molar-refractivity contribution in [3.8, 4) is 0 Å². The molecular weight excluding hydrogens is 298 g/mol. The molecule has 0 fully saturated rings. The summed E-state index contributed by atoms with van der Waals surface area (Å²) in [5.74, 6) is -0.899. The number of hydrogen-bond acceptors (Lipinski definition) is 3. The van der Waals surface area contributed by atoms with E-state index < -0.39 is 5.97 Å². The van der Waals surface area contributed by atoms with Crippen LogP contribution in [0, 0.1) is 13.8 Å². The van der Waals surface area contributed by atoms with Crippen molar-refractivity contribution in [1.82, 2.24) is 4.90 Å². The standard InChI is InChI=1S/C17H17NO3S/c1-10-11(2)22-9-15(10)16(19)18-6-5-12-3-4-13(17(20)21)7-14(12)8-18/h3-4,7,9H,5-6,8H2,1-2H3,(H,20,21). The molecule has 114 valence electrons. The Balaban J connectivity index is 1.87. The van der Waals surface area contributed by atoms with E-state index in [2.05, 4.69) is 0 Å². The number of hydrogen-bond donors (Lipinski definition) is 1. The quantitative estimate of drug-likeness (QED) is 0.925. The lowest BCUT2D eigenvalue weighted by Gasteiger charge is -2.29. The van der Waals surface area contributed by atoms with Crippen molar-refractivity contribution in [2.45, 2.75) is 26.8 Å². The van der Waals surface area contributed by atoms with Gasteiger partial charge in [-0.2, -0.15) is 0 Å². The average Bonchev–Trinajstić information content (AvgIpc) is 2.85. The van der Waals surface area contributed by atoms with Crippen LogP contribution in [0.25, 0.3) is 0 Å². The highest BCUT2D eigenvalue weighted by Crippen LogP contribution is 2.26. The Labute approximate surface area is 133 Å². The molecule has 0 bridgehead atoms. The first-order valence-electron chi connectivity index (χ1n) is 7.16. The molecule has 0 unspecified atom stereocenters. The van der Waals surface area contributed by atoms with Gasteiger partial charge in [0.15, 0.2) is 0 Å². The van der Waals surface area contributed by atoms with Gasteiger partial charge in [0, 0.05) is 23.3 Å². The fraction of sp³-hybridized carbons (Fsp3) is 0.294. The number of carbonyl (C=O) groups excluding carboxylic acids is 1. The molecule has 0 spiro atoms. The normalized spacial score (nSPS) is 13.8. The molecule has 2 heterocycles. The van der Waals surface area contributed by atoms with Gasteiger partial charge in [0.25, 0.3) is 5.91 Å². The molecule has 0 aliphatic carbocycles. The van der Waals surface area contributed by atoms with Crippen LogP contribution in [0.3, 0.4) is 0 Å². The fourth-order valence-corrected chi connectivity index (χ4v) is 3.62. The number of aromatic carboxylic acids is 1. The summed E-state index contributed by atoms with van der Waals surface area (Å²) in [5.41, 5.74) is 4.15. The van der Waals surface area contributed by atoms with Gasteiger partial charge in [0.05, 0.1) is 11.1 Å². The molecular formula is C17H17NO3S. The first-order chi connectivity index (χ1) is 10.5. The minimum absolute atomic E-state index is 0.0354. The molecule has 0 saturated carbocycles. The molecule has 1 aliphatic heterocycles. The second kappa shape index (κ2) is 5.57. The Bertz CT molecular complexity index is 763. The van der Waals surface area contributed by atoms with E-state index in [1.54, 1.807) is 23.5 Å². The van der Waals surface area contributed by atoms with E-state index in [1.165, 1.54) is 0 Å². The Morgan fingerprint density at radius 2 is 2.00 bits per heavy atom. The van der Waals surface area contributed by atoms with Crippen molar-refractivity contribution >= 4 is 23.2 Å². The first-order valence-corrected chi connectivity index (χ1v) is 8.04. The predicted octanol–water partition coefficient (Wildman–Crippen LogP) is 3.26. The maximum Gasteiger partial charge on any atom is 0.335 e. The molecule has 0 saturated heterocycles. The van der Waals surface area contributed by atoms with Crippen LogP contribution < -0.4 is 0 Å². The molecule has 1 aliphatic rings. The molecule has 2 aromatic rings. The van der Waals surface area contributed by atoms with Crippen LogP contribution in [0.4, 0.5) is 0 Å². The number of carbonyl (C=O) groups is 2. The minimum Gasteiger partial charge on any atom is -0.478 e. The van der Waals surface area contributed by atoms with E-state index in [0.29, 0.717) is 13.1 Å². The molecule has 1 aromatic carbocycles. The summed E-state index contributed by atoms with van der Waals surface area (Å²) in [5, 5.41) is 11.0. The van der Waals surface area contributed by atoms with E-state index in [9.17, 15) is 9.59 Å². The lowest BCUT2D eigenvalue weighted by Crippen LogP contribution is -2.36. The number of amides is 1. The Hall–Kier alpha value is -2.14. The van der Waals surface area contributed by atoms with E-state index in [1.807, 2.05) is 30.2 Å². The number of rotatable bonds is 2. The average molecular weight is 315 g/mol. The lowest BCUT2D eigenvalue weighted by atomic mass is 9.96. The summed E-state index contributed by atoms with van der Waals surface area (Å²) in [6.07, 6.45) is 0.767. The number of thiophene rings is 1. The van der Waals surface area contributed by atoms with E-state index in [-0.39, 0.29) is 11.5 Å². The molecule has 3 rings (SSSR count). The van der Waals surface area contributed by atoms with Crippen LogP contribution in [0.2, 0.25) is 0 Å². The summed E-state index contributed by atoms with van der Waals surface area (Å²) in [4.78, 5) is 26.7. The zero-order valence-electron chi connectivity index (χ0n) is 12.5. The fourth-order valence-electron chi connectivity index (χ4n) is 2.76. The molecule has 1 aromatic heterocycles. The van der Waals surface area contributed by atoms with Gasteiger partial charge < -0.3 is 10.0 Å². The minimum atomic E-state index is -0.935. The first kappa shape index (κ1) is 14.8. The van der Waals surface area contributed by atoms with Gasteiger partial charge in [-0.25, -0.2) is 4.79 Å². The summed E-state index contributed by atoms with van der Waals surface area (Å²) in [6, 6.07) is 5.18. The molecule has 4 nitrogen and oxygen atoms in total. The van der Waals surface area contributed by atoms with Crippen molar-refractivity contribution in [2.75, 3.05) is 6.54 Å². The molecule has 1 amide bonds. The number of fused-ring (bicyclic) bond motifs is 1. The van der Waals surface area contributed by atoms with Gasteiger partial charge in [0.1, 0.15) is 0 Å². The van der Waals surface area contributed by atoms with Crippen LogP contribution in [-0.2, 0) is 13.0 Å². The smallest absolute Gasteiger partial charge is 0.335 e. The highest BCUT2D eigenvalue weighted by molar-refractivity contribution is 7.10. The summed E-state index contributed by atoms with van der Waals surface area (Å²) >= 11 is 1.59. The highest BCUT2D eigenvalue weighted by Gasteiger charge is 2.24. The molecule has 0 radical (unpaired) electrons. The van der Waals surface area contributed by atoms with Gasteiger partial charge in [-0.15, -0.1) is 11.3 Å².